The number of aromatic nitrogens is 1. The minimum absolute atomic E-state index is 0.102. The quantitative estimate of drug-likeness (QED) is 0.527. The van der Waals surface area contributed by atoms with Crippen LogP contribution in [-0.4, -0.2) is 30.1 Å². The molecule has 0 N–H and O–H groups in total. The third-order valence-electron chi connectivity index (χ3n) is 4.53. The standard InChI is InChI=1S/C24H24N2O4/c1-3-29-24(28)20-8-10-21(11-9-20)26(16-19-12-14-25-15-13-19)23(27)17-30-22-7-5-4-6-18(22)2/h4-15H,3,16-17H2,1-2H3. The summed E-state index contributed by atoms with van der Waals surface area (Å²) in [5, 5.41) is 0. The number of esters is 1. The third-order valence-corrected chi connectivity index (χ3v) is 4.53. The topological polar surface area (TPSA) is 68.7 Å². The molecule has 154 valence electrons. The zero-order valence-electron chi connectivity index (χ0n) is 17.1. The number of hydrogen-bond acceptors (Lipinski definition) is 5. The van der Waals surface area contributed by atoms with Gasteiger partial charge in [-0.3, -0.25) is 9.78 Å². The molecule has 1 amide bonds. The number of para-hydroxylation sites is 1. The van der Waals surface area contributed by atoms with Crippen molar-refractivity contribution < 1.29 is 19.1 Å². The van der Waals surface area contributed by atoms with E-state index in [0.717, 1.165) is 11.1 Å². The Morgan fingerprint density at radius 3 is 2.33 bits per heavy atom. The molecule has 0 atom stereocenters. The van der Waals surface area contributed by atoms with E-state index in [1.165, 1.54) is 0 Å². The molecule has 0 aliphatic carbocycles. The Morgan fingerprint density at radius 1 is 0.967 bits per heavy atom. The zero-order valence-corrected chi connectivity index (χ0v) is 17.1. The lowest BCUT2D eigenvalue weighted by Crippen LogP contribution is -2.34. The monoisotopic (exact) mass is 404 g/mol. The van der Waals surface area contributed by atoms with Crippen molar-refractivity contribution in [2.45, 2.75) is 20.4 Å². The number of nitrogens with zero attached hydrogens (tertiary/aromatic N) is 2. The Bertz CT molecular complexity index is 988. The van der Waals surface area contributed by atoms with Gasteiger partial charge in [0.2, 0.25) is 0 Å². The number of rotatable bonds is 8. The van der Waals surface area contributed by atoms with Gasteiger partial charge in [0, 0.05) is 18.1 Å². The fraction of sp³-hybridized carbons (Fsp3) is 0.208. The lowest BCUT2D eigenvalue weighted by molar-refractivity contribution is -0.120. The number of benzene rings is 2. The molecular weight excluding hydrogens is 380 g/mol. The van der Waals surface area contributed by atoms with Crippen LogP contribution in [0.25, 0.3) is 0 Å². The van der Waals surface area contributed by atoms with Crippen LogP contribution >= 0.6 is 0 Å². The van der Waals surface area contributed by atoms with Gasteiger partial charge in [-0.05, 0) is 67.4 Å². The molecular formula is C24H24N2O4. The van der Waals surface area contributed by atoms with Crippen LogP contribution in [-0.2, 0) is 16.1 Å². The highest BCUT2D eigenvalue weighted by Crippen LogP contribution is 2.21. The SMILES string of the molecule is CCOC(=O)c1ccc(N(Cc2ccncc2)C(=O)COc2ccccc2C)cc1. The second-order valence-corrected chi connectivity index (χ2v) is 6.66. The number of hydrogen-bond donors (Lipinski definition) is 0. The Morgan fingerprint density at radius 2 is 1.67 bits per heavy atom. The van der Waals surface area contributed by atoms with E-state index in [-0.39, 0.29) is 18.5 Å². The van der Waals surface area contributed by atoms with E-state index in [2.05, 4.69) is 4.98 Å². The van der Waals surface area contributed by atoms with Crippen LogP contribution in [0, 0.1) is 6.92 Å². The van der Waals surface area contributed by atoms with Gasteiger partial charge in [0.1, 0.15) is 5.75 Å². The second kappa shape index (κ2) is 10.2. The highest BCUT2D eigenvalue weighted by molar-refractivity contribution is 5.95. The van der Waals surface area contributed by atoms with E-state index in [9.17, 15) is 9.59 Å². The van der Waals surface area contributed by atoms with E-state index < -0.39 is 0 Å². The largest absolute Gasteiger partial charge is 0.483 e. The maximum atomic E-state index is 13.0. The summed E-state index contributed by atoms with van der Waals surface area (Å²) in [4.78, 5) is 30.6. The minimum atomic E-state index is -0.390. The van der Waals surface area contributed by atoms with E-state index in [0.29, 0.717) is 30.2 Å². The lowest BCUT2D eigenvalue weighted by Gasteiger charge is -2.23. The third kappa shape index (κ3) is 5.44. The fourth-order valence-corrected chi connectivity index (χ4v) is 2.92. The summed E-state index contributed by atoms with van der Waals surface area (Å²) in [5.41, 5.74) is 3.00. The van der Waals surface area contributed by atoms with Gasteiger partial charge < -0.3 is 14.4 Å². The lowest BCUT2D eigenvalue weighted by atomic mass is 10.1. The number of aryl methyl sites for hydroxylation is 1. The molecule has 6 nitrogen and oxygen atoms in total. The van der Waals surface area contributed by atoms with Crippen molar-refractivity contribution in [3.63, 3.8) is 0 Å². The molecule has 0 saturated heterocycles. The first-order chi connectivity index (χ1) is 14.6. The maximum absolute atomic E-state index is 13.0. The van der Waals surface area contributed by atoms with Crippen molar-refractivity contribution in [3.05, 3.63) is 89.7 Å². The van der Waals surface area contributed by atoms with E-state index >= 15 is 0 Å². The zero-order chi connectivity index (χ0) is 21.3. The van der Waals surface area contributed by atoms with Gasteiger partial charge in [-0.25, -0.2) is 4.79 Å². The summed E-state index contributed by atoms with van der Waals surface area (Å²) in [6.07, 6.45) is 3.37. The number of pyridine rings is 1. The molecule has 2 aromatic carbocycles. The summed E-state index contributed by atoms with van der Waals surface area (Å²) in [7, 11) is 0. The highest BCUT2D eigenvalue weighted by Gasteiger charge is 2.18. The van der Waals surface area contributed by atoms with Gasteiger partial charge in [0.15, 0.2) is 6.61 Å². The summed E-state index contributed by atoms with van der Waals surface area (Å²) in [6, 6.07) is 18.1. The minimum Gasteiger partial charge on any atom is -0.483 e. The molecule has 0 aliphatic heterocycles. The van der Waals surface area contributed by atoms with Crippen LogP contribution in [0.5, 0.6) is 5.75 Å². The summed E-state index contributed by atoms with van der Waals surface area (Å²) in [6.45, 7) is 4.26. The molecule has 1 aromatic heterocycles. The molecule has 0 unspecified atom stereocenters. The molecule has 6 heteroatoms. The Balaban J connectivity index is 1.80. The van der Waals surface area contributed by atoms with Crippen molar-refractivity contribution in [1.82, 2.24) is 4.98 Å². The first kappa shape index (κ1) is 21.0. The van der Waals surface area contributed by atoms with E-state index in [1.807, 2.05) is 43.3 Å². The molecule has 0 bridgehead atoms. The summed E-state index contributed by atoms with van der Waals surface area (Å²) in [5.74, 6) is 0.0882. The van der Waals surface area contributed by atoms with Crippen LogP contribution in [0.15, 0.2) is 73.1 Å². The molecule has 0 spiro atoms. The van der Waals surface area contributed by atoms with Crippen molar-refractivity contribution in [2.24, 2.45) is 0 Å². The molecule has 30 heavy (non-hydrogen) atoms. The van der Waals surface area contributed by atoms with Crippen molar-refractivity contribution in [2.75, 3.05) is 18.1 Å². The van der Waals surface area contributed by atoms with Gasteiger partial charge in [0.05, 0.1) is 18.7 Å². The van der Waals surface area contributed by atoms with Crippen LogP contribution in [0.4, 0.5) is 5.69 Å². The maximum Gasteiger partial charge on any atom is 0.338 e. The second-order valence-electron chi connectivity index (χ2n) is 6.66. The Hall–Kier alpha value is -3.67. The molecule has 3 aromatic rings. The number of amides is 1. The number of carbonyl (C=O) groups is 2. The van der Waals surface area contributed by atoms with E-state index in [1.54, 1.807) is 48.5 Å². The van der Waals surface area contributed by atoms with Gasteiger partial charge in [-0.1, -0.05) is 18.2 Å². The summed E-state index contributed by atoms with van der Waals surface area (Å²) >= 11 is 0. The highest BCUT2D eigenvalue weighted by atomic mass is 16.5. The number of ether oxygens (including phenoxy) is 2. The first-order valence-electron chi connectivity index (χ1n) is 9.73. The van der Waals surface area contributed by atoms with Gasteiger partial charge in [0.25, 0.3) is 5.91 Å². The normalized spacial score (nSPS) is 10.3. The summed E-state index contributed by atoms with van der Waals surface area (Å²) < 4.78 is 10.8. The molecule has 0 fully saturated rings. The number of carbonyl (C=O) groups excluding carboxylic acids is 2. The van der Waals surface area contributed by atoms with Crippen LogP contribution < -0.4 is 9.64 Å². The van der Waals surface area contributed by atoms with Crippen LogP contribution in [0.3, 0.4) is 0 Å². The van der Waals surface area contributed by atoms with Gasteiger partial charge in [-0.2, -0.15) is 0 Å². The van der Waals surface area contributed by atoms with E-state index in [4.69, 9.17) is 9.47 Å². The van der Waals surface area contributed by atoms with Crippen molar-refractivity contribution in [1.29, 1.82) is 0 Å². The number of anilines is 1. The molecule has 3 rings (SSSR count). The molecule has 1 heterocycles. The Kier molecular flexibility index (Phi) is 7.16. The van der Waals surface area contributed by atoms with Crippen molar-refractivity contribution in [3.8, 4) is 5.75 Å². The van der Waals surface area contributed by atoms with Crippen LogP contribution in [0.2, 0.25) is 0 Å². The smallest absolute Gasteiger partial charge is 0.338 e. The van der Waals surface area contributed by atoms with Crippen molar-refractivity contribution >= 4 is 17.6 Å². The predicted molar refractivity (Wildman–Crippen MR) is 114 cm³/mol. The predicted octanol–water partition coefficient (Wildman–Crippen LogP) is 4.18. The Labute approximate surface area is 176 Å². The molecule has 0 radical (unpaired) electrons. The average Bonchev–Trinajstić information content (AvgIpc) is 2.78. The fourth-order valence-electron chi connectivity index (χ4n) is 2.92. The van der Waals surface area contributed by atoms with Crippen LogP contribution in [0.1, 0.15) is 28.4 Å². The molecule has 0 aliphatic rings. The van der Waals surface area contributed by atoms with Gasteiger partial charge in [-0.15, -0.1) is 0 Å². The van der Waals surface area contributed by atoms with Gasteiger partial charge >= 0.3 is 5.97 Å². The average molecular weight is 404 g/mol. The molecule has 0 saturated carbocycles. The first-order valence-corrected chi connectivity index (χ1v) is 9.73.